The Morgan fingerprint density at radius 2 is 1.93 bits per heavy atom. The number of carbonyl (C=O) groups is 3. The number of carbonyl (C=O) groups excluding carboxylic acids is 3. The van der Waals surface area contributed by atoms with Crippen molar-refractivity contribution < 1.29 is 19.1 Å². The molecule has 41 heavy (non-hydrogen) atoms. The van der Waals surface area contributed by atoms with Crippen LogP contribution in [-0.2, 0) is 14.3 Å². The SMILES string of the molecule is Cc1sc(N2CCN(C)CC2)nc1-c1ccc(C(=O)NC(CC(C)C)C(=O)N2CC(N=[N+]=[N-])C3OCC(=O)C32)cc1. The summed E-state index contributed by atoms with van der Waals surface area (Å²) in [4.78, 5) is 54.4. The number of ketones is 1. The number of hydrogen-bond acceptors (Lipinski definition) is 9. The molecule has 5 rings (SSSR count). The van der Waals surface area contributed by atoms with E-state index < -0.39 is 24.2 Å². The second-order valence-electron chi connectivity index (χ2n) is 11.4. The monoisotopic (exact) mass is 580 g/mol. The minimum absolute atomic E-state index is 0.0756. The molecule has 12 nitrogen and oxygen atoms in total. The van der Waals surface area contributed by atoms with E-state index in [4.69, 9.17) is 15.3 Å². The van der Waals surface area contributed by atoms with Crippen molar-refractivity contribution in [1.82, 2.24) is 20.1 Å². The number of aromatic nitrogens is 1. The Balaban J connectivity index is 1.29. The van der Waals surface area contributed by atoms with E-state index in [1.54, 1.807) is 23.5 Å². The number of piperazine rings is 1. The summed E-state index contributed by atoms with van der Waals surface area (Å²) < 4.78 is 5.54. The Morgan fingerprint density at radius 3 is 2.59 bits per heavy atom. The van der Waals surface area contributed by atoms with E-state index in [2.05, 4.69) is 39.1 Å². The van der Waals surface area contributed by atoms with Gasteiger partial charge in [-0.05, 0) is 44.0 Å². The number of rotatable bonds is 8. The molecule has 3 aliphatic rings. The molecule has 0 bridgehead atoms. The van der Waals surface area contributed by atoms with Gasteiger partial charge >= 0.3 is 0 Å². The summed E-state index contributed by atoms with van der Waals surface area (Å²) in [5, 5.41) is 7.65. The molecular formula is C28H36N8O4S. The second-order valence-corrected chi connectivity index (χ2v) is 12.6. The van der Waals surface area contributed by atoms with Crippen molar-refractivity contribution in [2.75, 3.05) is 51.3 Å². The van der Waals surface area contributed by atoms with Gasteiger partial charge in [-0.15, -0.1) is 11.3 Å². The third-order valence-electron chi connectivity index (χ3n) is 7.93. The number of Topliss-reactive ketones (excluding diaryl/α,β-unsaturated/α-hetero) is 1. The molecule has 2 amide bonds. The Kier molecular flexibility index (Phi) is 8.60. The highest BCUT2D eigenvalue weighted by Gasteiger charge is 2.53. The third-order valence-corrected chi connectivity index (χ3v) is 8.96. The first-order valence-electron chi connectivity index (χ1n) is 14.0. The van der Waals surface area contributed by atoms with Crippen LogP contribution in [0.25, 0.3) is 21.7 Å². The lowest BCUT2D eigenvalue weighted by atomic mass is 10.0. The van der Waals surface area contributed by atoms with E-state index in [9.17, 15) is 14.4 Å². The maximum Gasteiger partial charge on any atom is 0.251 e. The standard InChI is InChI=1S/C28H36N8O4S/c1-16(2)13-20(27(39)36-14-21(32-33-29)25-24(36)22(37)15-40-25)30-26(38)19-7-5-18(6-8-19)23-17(3)41-28(31-23)35-11-9-34(4)10-12-35/h5-8,16,20-21,24-25H,9-15H2,1-4H3,(H,30,38). The smallest absolute Gasteiger partial charge is 0.251 e. The number of amides is 2. The summed E-state index contributed by atoms with van der Waals surface area (Å²) >= 11 is 1.68. The molecule has 3 aliphatic heterocycles. The number of likely N-dealkylation sites (N-methyl/N-ethyl adjacent to an activating group) is 1. The van der Waals surface area contributed by atoms with Crippen molar-refractivity contribution in [3.63, 3.8) is 0 Å². The highest BCUT2D eigenvalue weighted by Crippen LogP contribution is 2.33. The number of nitrogens with zero attached hydrogens (tertiary/aromatic N) is 7. The lowest BCUT2D eigenvalue weighted by Gasteiger charge is -2.32. The molecule has 2 aromatic rings. The maximum absolute atomic E-state index is 13.7. The van der Waals surface area contributed by atoms with E-state index in [-0.39, 0.29) is 36.7 Å². The zero-order chi connectivity index (χ0) is 29.3. The first kappa shape index (κ1) is 29.0. The molecule has 13 heteroatoms. The van der Waals surface area contributed by atoms with E-state index in [1.165, 1.54) is 4.90 Å². The quantitative estimate of drug-likeness (QED) is 0.287. The molecule has 0 spiro atoms. The normalized spacial score (nSPS) is 23.4. The van der Waals surface area contributed by atoms with Crippen molar-refractivity contribution in [2.45, 2.75) is 51.4 Å². The fourth-order valence-corrected chi connectivity index (χ4v) is 6.71. The lowest BCUT2D eigenvalue weighted by molar-refractivity contribution is -0.138. The van der Waals surface area contributed by atoms with E-state index in [1.807, 2.05) is 26.0 Å². The summed E-state index contributed by atoms with van der Waals surface area (Å²) in [5.74, 6) is -0.865. The zero-order valence-electron chi connectivity index (χ0n) is 23.8. The number of azide groups is 1. The number of ether oxygens (including phenoxy) is 1. The minimum Gasteiger partial charge on any atom is -0.367 e. The van der Waals surface area contributed by atoms with E-state index in [0.717, 1.165) is 47.4 Å². The van der Waals surface area contributed by atoms with E-state index in [0.29, 0.717) is 12.0 Å². The van der Waals surface area contributed by atoms with Crippen LogP contribution >= 0.6 is 11.3 Å². The number of benzene rings is 1. The third kappa shape index (κ3) is 6.08. The van der Waals surface area contributed by atoms with Crippen LogP contribution < -0.4 is 10.2 Å². The molecular weight excluding hydrogens is 544 g/mol. The predicted octanol–water partition coefficient (Wildman–Crippen LogP) is 2.87. The summed E-state index contributed by atoms with van der Waals surface area (Å²) in [6.07, 6.45) is -0.263. The van der Waals surface area contributed by atoms with Crippen LogP contribution in [0.15, 0.2) is 29.4 Å². The summed E-state index contributed by atoms with van der Waals surface area (Å²) in [6.45, 7) is 9.86. The van der Waals surface area contributed by atoms with Crippen LogP contribution in [0.1, 0.15) is 35.5 Å². The Labute approximate surface area is 243 Å². The molecule has 1 aromatic carbocycles. The van der Waals surface area contributed by atoms with Gasteiger partial charge in [0, 0.05) is 53.6 Å². The van der Waals surface area contributed by atoms with Gasteiger partial charge in [-0.2, -0.15) is 0 Å². The number of thiazole rings is 1. The van der Waals surface area contributed by atoms with Gasteiger partial charge in [-0.25, -0.2) is 4.98 Å². The summed E-state index contributed by atoms with van der Waals surface area (Å²) in [5.41, 5.74) is 11.2. The summed E-state index contributed by atoms with van der Waals surface area (Å²) in [6, 6.07) is 4.97. The number of likely N-dealkylation sites (tertiary alicyclic amines) is 1. The van der Waals surface area contributed by atoms with Gasteiger partial charge in [0.1, 0.15) is 18.7 Å². The molecule has 4 unspecified atom stereocenters. The van der Waals surface area contributed by atoms with Gasteiger partial charge < -0.3 is 24.8 Å². The van der Waals surface area contributed by atoms with Crippen molar-refractivity contribution in [3.8, 4) is 11.3 Å². The van der Waals surface area contributed by atoms with Gasteiger partial charge in [0.15, 0.2) is 10.9 Å². The van der Waals surface area contributed by atoms with Crippen LogP contribution in [-0.4, -0.2) is 103 Å². The molecule has 0 radical (unpaired) electrons. The molecule has 3 fully saturated rings. The summed E-state index contributed by atoms with van der Waals surface area (Å²) in [7, 11) is 2.13. The van der Waals surface area contributed by atoms with Gasteiger partial charge in [0.2, 0.25) is 5.91 Å². The number of fused-ring (bicyclic) bond motifs is 1. The Bertz CT molecular complexity index is 1350. The number of anilines is 1. The molecule has 1 aromatic heterocycles. The van der Waals surface area contributed by atoms with Crippen LogP contribution in [0.4, 0.5) is 5.13 Å². The Hall–Kier alpha value is -3.51. The van der Waals surface area contributed by atoms with Crippen molar-refractivity contribution >= 4 is 34.1 Å². The molecule has 218 valence electrons. The topological polar surface area (TPSA) is 144 Å². The average Bonchev–Trinajstić information content (AvgIpc) is 3.63. The van der Waals surface area contributed by atoms with Gasteiger partial charge in [0.05, 0.1) is 17.8 Å². The van der Waals surface area contributed by atoms with Crippen molar-refractivity contribution in [1.29, 1.82) is 0 Å². The van der Waals surface area contributed by atoms with E-state index >= 15 is 0 Å². The second kappa shape index (κ2) is 12.2. The number of hydrogen-bond donors (Lipinski definition) is 1. The highest BCUT2D eigenvalue weighted by molar-refractivity contribution is 7.16. The Morgan fingerprint density at radius 1 is 1.22 bits per heavy atom. The zero-order valence-corrected chi connectivity index (χ0v) is 24.6. The minimum atomic E-state index is -0.840. The van der Waals surface area contributed by atoms with Gasteiger partial charge in [-0.1, -0.05) is 31.1 Å². The van der Waals surface area contributed by atoms with Crippen molar-refractivity contribution in [2.24, 2.45) is 11.0 Å². The highest BCUT2D eigenvalue weighted by atomic mass is 32.1. The van der Waals surface area contributed by atoms with Crippen LogP contribution in [0, 0.1) is 12.8 Å². The average molecular weight is 581 g/mol. The lowest BCUT2D eigenvalue weighted by Crippen LogP contribution is -2.52. The molecule has 4 heterocycles. The fourth-order valence-electron chi connectivity index (χ4n) is 5.72. The first-order chi connectivity index (χ1) is 19.7. The van der Waals surface area contributed by atoms with Crippen LogP contribution in [0.3, 0.4) is 0 Å². The number of nitrogens with one attached hydrogen (secondary N) is 1. The fraction of sp³-hybridized carbons (Fsp3) is 0.571. The first-order valence-corrected chi connectivity index (χ1v) is 14.8. The molecule has 0 saturated carbocycles. The molecule has 1 N–H and O–H groups in total. The number of aryl methyl sites for hydroxylation is 1. The maximum atomic E-state index is 13.7. The van der Waals surface area contributed by atoms with Crippen LogP contribution in [0.2, 0.25) is 0 Å². The predicted molar refractivity (Wildman–Crippen MR) is 156 cm³/mol. The van der Waals surface area contributed by atoms with Gasteiger partial charge in [-0.3, -0.25) is 14.4 Å². The van der Waals surface area contributed by atoms with Crippen LogP contribution in [0.5, 0.6) is 0 Å². The largest absolute Gasteiger partial charge is 0.367 e. The molecule has 4 atom stereocenters. The van der Waals surface area contributed by atoms with Crippen molar-refractivity contribution in [3.05, 3.63) is 45.1 Å². The molecule has 3 saturated heterocycles. The molecule has 0 aliphatic carbocycles. The van der Waals surface area contributed by atoms with Gasteiger partial charge in [0.25, 0.3) is 5.91 Å².